The van der Waals surface area contributed by atoms with E-state index in [1.807, 2.05) is 0 Å². The summed E-state index contributed by atoms with van der Waals surface area (Å²) < 4.78 is 42.5. The molecule has 0 bridgehead atoms. The molecule has 0 aromatic carbocycles. The average molecular weight is 351 g/mol. The molecule has 0 aliphatic carbocycles. The molecule has 0 spiro atoms. The molecule has 2 aromatic rings. The van der Waals surface area contributed by atoms with E-state index in [9.17, 15) is 18.0 Å². The average Bonchev–Trinajstić information content (AvgIpc) is 2.96. The van der Waals surface area contributed by atoms with Crippen molar-refractivity contribution >= 4 is 29.3 Å². The number of carbonyl (C=O) groups is 1. The van der Waals surface area contributed by atoms with Crippen LogP contribution in [0.25, 0.3) is 0 Å². The Hall–Kier alpha value is -1.67. The highest BCUT2D eigenvalue weighted by atomic mass is 35.5. The maximum atomic E-state index is 12.5. The molecule has 2 heterocycles. The molecule has 22 heavy (non-hydrogen) atoms. The van der Waals surface area contributed by atoms with E-state index in [0.29, 0.717) is 12.0 Å². The van der Waals surface area contributed by atoms with Crippen molar-refractivity contribution in [2.75, 3.05) is 5.75 Å². The highest BCUT2D eigenvalue weighted by Crippen LogP contribution is 2.33. The fraction of sp³-hybridized carbons (Fsp3) is 0.231. The normalized spacial score (nSPS) is 11.5. The molecule has 0 radical (unpaired) electrons. The lowest BCUT2D eigenvalue weighted by Crippen LogP contribution is -2.24. The maximum absolute atomic E-state index is 12.5. The van der Waals surface area contributed by atoms with E-state index in [2.05, 4.69) is 10.3 Å². The van der Waals surface area contributed by atoms with Crippen molar-refractivity contribution in [2.45, 2.75) is 17.7 Å². The van der Waals surface area contributed by atoms with Crippen LogP contribution >= 0.6 is 23.4 Å². The van der Waals surface area contributed by atoms with Crippen LogP contribution in [0.5, 0.6) is 0 Å². The number of thioether (sulfide) groups is 1. The molecule has 2 rings (SSSR count). The Kier molecular flexibility index (Phi) is 5.36. The van der Waals surface area contributed by atoms with Crippen molar-refractivity contribution in [1.29, 1.82) is 0 Å². The highest BCUT2D eigenvalue weighted by molar-refractivity contribution is 8.00. The van der Waals surface area contributed by atoms with Crippen molar-refractivity contribution < 1.29 is 22.4 Å². The minimum Gasteiger partial charge on any atom is -0.467 e. The van der Waals surface area contributed by atoms with Gasteiger partial charge in [0.25, 0.3) is 0 Å². The molecule has 0 fully saturated rings. The monoisotopic (exact) mass is 350 g/mol. The molecule has 2 aromatic heterocycles. The number of nitrogens with one attached hydrogen (secondary N) is 1. The van der Waals surface area contributed by atoms with Gasteiger partial charge in [-0.1, -0.05) is 23.4 Å². The summed E-state index contributed by atoms with van der Waals surface area (Å²) in [6.07, 6.45) is -2.32. The number of pyridine rings is 1. The van der Waals surface area contributed by atoms with E-state index in [0.717, 1.165) is 17.8 Å². The number of halogens is 4. The second-order valence-electron chi connectivity index (χ2n) is 4.15. The predicted octanol–water partition coefficient (Wildman–Crippen LogP) is 3.76. The number of aromatic nitrogens is 1. The van der Waals surface area contributed by atoms with E-state index >= 15 is 0 Å². The number of hydrogen-bond donors (Lipinski definition) is 1. The first-order valence-electron chi connectivity index (χ1n) is 6.01. The van der Waals surface area contributed by atoms with Crippen molar-refractivity contribution in [3.63, 3.8) is 0 Å². The smallest absolute Gasteiger partial charge is 0.417 e. The van der Waals surface area contributed by atoms with Gasteiger partial charge < -0.3 is 9.73 Å². The summed E-state index contributed by atoms with van der Waals surface area (Å²) >= 11 is 6.71. The Balaban J connectivity index is 1.87. The molecule has 0 atom stereocenters. The van der Waals surface area contributed by atoms with Gasteiger partial charge in [-0.3, -0.25) is 4.79 Å². The van der Waals surface area contributed by atoms with Gasteiger partial charge in [-0.05, 0) is 18.2 Å². The summed E-state index contributed by atoms with van der Waals surface area (Å²) in [5, 5.41) is 2.64. The number of hydrogen-bond acceptors (Lipinski definition) is 4. The van der Waals surface area contributed by atoms with Gasteiger partial charge in [-0.25, -0.2) is 4.98 Å². The number of amides is 1. The third-order valence-electron chi connectivity index (χ3n) is 2.51. The standard InChI is InChI=1S/C13H10ClF3N2O2S/c14-10-4-8(13(15,16)17)5-19-12(10)22-7-11(20)18-6-9-2-1-3-21-9/h1-5H,6-7H2,(H,18,20). The topological polar surface area (TPSA) is 55.1 Å². The van der Waals surface area contributed by atoms with Crippen molar-refractivity contribution in [1.82, 2.24) is 10.3 Å². The fourth-order valence-electron chi connectivity index (χ4n) is 1.47. The molecule has 4 nitrogen and oxygen atoms in total. The summed E-state index contributed by atoms with van der Waals surface area (Å²) in [5.74, 6) is 0.280. The van der Waals surface area contributed by atoms with Crippen LogP contribution in [-0.4, -0.2) is 16.6 Å². The third kappa shape index (κ3) is 4.67. The van der Waals surface area contributed by atoms with E-state index in [1.165, 1.54) is 6.26 Å². The molecule has 0 unspecified atom stereocenters. The van der Waals surface area contributed by atoms with E-state index in [1.54, 1.807) is 12.1 Å². The third-order valence-corrected chi connectivity index (χ3v) is 3.92. The number of furan rings is 1. The zero-order valence-electron chi connectivity index (χ0n) is 11.0. The van der Waals surface area contributed by atoms with E-state index in [-0.39, 0.29) is 28.3 Å². The molecule has 1 amide bonds. The van der Waals surface area contributed by atoms with Crippen LogP contribution < -0.4 is 5.32 Å². The zero-order chi connectivity index (χ0) is 16.2. The number of rotatable bonds is 5. The van der Waals surface area contributed by atoms with Crippen molar-refractivity contribution in [3.8, 4) is 0 Å². The molecule has 1 N–H and O–H groups in total. The Morgan fingerprint density at radius 3 is 2.82 bits per heavy atom. The van der Waals surface area contributed by atoms with Gasteiger partial charge in [0, 0.05) is 6.20 Å². The molecule has 0 saturated heterocycles. The quantitative estimate of drug-likeness (QED) is 0.834. The van der Waals surface area contributed by atoms with Crippen LogP contribution in [0.15, 0.2) is 40.1 Å². The largest absolute Gasteiger partial charge is 0.467 e. The van der Waals surface area contributed by atoms with Gasteiger partial charge in [0.2, 0.25) is 5.91 Å². The van der Waals surface area contributed by atoms with Crippen LogP contribution in [0.2, 0.25) is 5.02 Å². The van der Waals surface area contributed by atoms with Gasteiger partial charge in [0.05, 0.1) is 29.1 Å². The first kappa shape index (κ1) is 16.7. The Bertz CT molecular complexity index is 647. The summed E-state index contributed by atoms with van der Waals surface area (Å²) in [5.41, 5.74) is -0.927. The second kappa shape index (κ2) is 7.06. The van der Waals surface area contributed by atoms with Crippen molar-refractivity contribution in [3.05, 3.63) is 47.0 Å². The van der Waals surface area contributed by atoms with E-state index < -0.39 is 11.7 Å². The predicted molar refractivity (Wildman–Crippen MR) is 75.5 cm³/mol. The molecule has 0 aliphatic heterocycles. The lowest BCUT2D eigenvalue weighted by atomic mass is 10.3. The van der Waals surface area contributed by atoms with E-state index in [4.69, 9.17) is 16.0 Å². The molecule has 0 aliphatic rings. The lowest BCUT2D eigenvalue weighted by molar-refractivity contribution is -0.137. The van der Waals surface area contributed by atoms with Crippen LogP contribution in [0.4, 0.5) is 13.2 Å². The SMILES string of the molecule is O=C(CSc1ncc(C(F)(F)F)cc1Cl)NCc1ccco1. The molecular formula is C13H10ClF3N2O2S. The minimum atomic E-state index is -4.50. The Labute approximate surface area is 133 Å². The van der Waals surface area contributed by atoms with Crippen LogP contribution in [0.3, 0.4) is 0 Å². The number of nitrogens with zero attached hydrogens (tertiary/aromatic N) is 1. The fourth-order valence-corrected chi connectivity index (χ4v) is 2.49. The summed E-state index contributed by atoms with van der Waals surface area (Å²) in [7, 11) is 0. The molecule has 118 valence electrons. The number of carbonyl (C=O) groups excluding carboxylic acids is 1. The Morgan fingerprint density at radius 1 is 1.45 bits per heavy atom. The number of alkyl halides is 3. The zero-order valence-corrected chi connectivity index (χ0v) is 12.6. The van der Waals surface area contributed by atoms with Crippen LogP contribution in [-0.2, 0) is 17.5 Å². The molecule has 9 heteroatoms. The molecule has 0 saturated carbocycles. The van der Waals surface area contributed by atoms with Gasteiger partial charge in [0.15, 0.2) is 0 Å². The second-order valence-corrected chi connectivity index (χ2v) is 5.52. The molecular weight excluding hydrogens is 341 g/mol. The minimum absolute atomic E-state index is 0.0151. The summed E-state index contributed by atoms with van der Waals surface area (Å²) in [6, 6.07) is 4.20. The van der Waals surface area contributed by atoms with Crippen LogP contribution in [0.1, 0.15) is 11.3 Å². The van der Waals surface area contributed by atoms with Gasteiger partial charge in [-0.2, -0.15) is 13.2 Å². The lowest BCUT2D eigenvalue weighted by Gasteiger charge is -2.08. The first-order valence-corrected chi connectivity index (χ1v) is 7.37. The van der Waals surface area contributed by atoms with Crippen LogP contribution in [0, 0.1) is 0 Å². The van der Waals surface area contributed by atoms with Crippen molar-refractivity contribution in [2.24, 2.45) is 0 Å². The van der Waals surface area contributed by atoms with Gasteiger partial charge in [0.1, 0.15) is 10.8 Å². The summed E-state index contributed by atoms with van der Waals surface area (Å²) in [4.78, 5) is 15.3. The highest BCUT2D eigenvalue weighted by Gasteiger charge is 2.31. The van der Waals surface area contributed by atoms with Gasteiger partial charge >= 0.3 is 6.18 Å². The first-order chi connectivity index (χ1) is 10.4. The summed E-state index contributed by atoms with van der Waals surface area (Å²) in [6.45, 7) is 0.237. The van der Waals surface area contributed by atoms with Gasteiger partial charge in [-0.15, -0.1) is 0 Å². The Morgan fingerprint density at radius 2 is 2.23 bits per heavy atom. The maximum Gasteiger partial charge on any atom is 0.417 e.